The molecule has 0 bridgehead atoms. The molecule has 3 aromatic rings. The van der Waals surface area contributed by atoms with Crippen LogP contribution in [0.15, 0.2) is 58.6 Å². The van der Waals surface area contributed by atoms with E-state index in [2.05, 4.69) is 21.2 Å². The van der Waals surface area contributed by atoms with Gasteiger partial charge in [0, 0.05) is 12.1 Å². The van der Waals surface area contributed by atoms with Crippen LogP contribution < -0.4 is 29.2 Å². The molecule has 9 nitrogen and oxygen atoms in total. The molecule has 4 rings (SSSR count). The van der Waals surface area contributed by atoms with Gasteiger partial charge in [0.15, 0.2) is 11.5 Å². The first-order valence-electron chi connectivity index (χ1n) is 11.2. The van der Waals surface area contributed by atoms with Gasteiger partial charge in [0.2, 0.25) is 0 Å². The van der Waals surface area contributed by atoms with E-state index in [1.807, 2.05) is 0 Å². The van der Waals surface area contributed by atoms with Gasteiger partial charge in [-0.25, -0.2) is 14.1 Å². The van der Waals surface area contributed by atoms with Crippen molar-refractivity contribution in [1.29, 1.82) is 0 Å². The summed E-state index contributed by atoms with van der Waals surface area (Å²) in [5, 5.41) is 2.37. The highest BCUT2D eigenvalue weighted by atomic mass is 79.9. The molecule has 39 heavy (non-hydrogen) atoms. The smallest absolute Gasteiger partial charge is 0.336 e. The summed E-state index contributed by atoms with van der Waals surface area (Å²) in [5.41, 5.74) is 0.851. The lowest BCUT2D eigenvalue weighted by Crippen LogP contribution is -2.54. The maximum atomic E-state index is 13.4. The van der Waals surface area contributed by atoms with Crippen LogP contribution in [0, 0.1) is 5.82 Å². The number of carbonyl (C=O) groups excluding carboxylic acids is 3. The number of imide groups is 2. The number of nitrogens with zero attached hydrogens (tertiary/aromatic N) is 1. The number of carbonyl (C=O) groups is 3. The number of nitrogens with one attached hydrogen (secondary N) is 1. The second-order valence-corrected chi connectivity index (χ2v) is 9.33. The second kappa shape index (κ2) is 11.7. The third kappa shape index (κ3) is 5.84. The lowest BCUT2D eigenvalue weighted by atomic mass is 10.1. The fraction of sp³-hybridized carbons (Fsp3) is 0.148. The zero-order valence-electron chi connectivity index (χ0n) is 20.8. The van der Waals surface area contributed by atoms with Gasteiger partial charge in [-0.3, -0.25) is 14.9 Å². The molecule has 4 amide bonds. The van der Waals surface area contributed by atoms with Crippen molar-refractivity contribution in [3.8, 4) is 23.0 Å². The molecule has 0 saturated carbocycles. The van der Waals surface area contributed by atoms with Gasteiger partial charge >= 0.3 is 6.03 Å². The molecule has 12 heteroatoms. The molecule has 0 aliphatic carbocycles. The summed E-state index contributed by atoms with van der Waals surface area (Å²) in [6, 6.07) is 10.8. The standard InChI is InChI=1S/C27H21BrClFN2O7/c1-36-21-12-20(22(37-2)11-19(21)29)32-26(34)17(25(33)31-27(32)35)8-15-9-18(28)24(23(10-15)38-3)39-13-14-4-6-16(30)7-5-14/h4-12H,13H2,1-3H3,(H,31,33,35)/b17-8+. The first kappa shape index (κ1) is 27.9. The van der Waals surface area contributed by atoms with Gasteiger partial charge in [-0.15, -0.1) is 0 Å². The largest absolute Gasteiger partial charge is 0.495 e. The highest BCUT2D eigenvalue weighted by Gasteiger charge is 2.38. The molecule has 0 spiro atoms. The van der Waals surface area contributed by atoms with E-state index in [1.54, 1.807) is 24.3 Å². The monoisotopic (exact) mass is 618 g/mol. The minimum absolute atomic E-state index is 0.0305. The average Bonchev–Trinajstić information content (AvgIpc) is 2.91. The first-order chi connectivity index (χ1) is 18.7. The predicted molar refractivity (Wildman–Crippen MR) is 145 cm³/mol. The molecule has 1 aliphatic rings. The van der Waals surface area contributed by atoms with Crippen LogP contribution in [0.2, 0.25) is 5.02 Å². The molecule has 0 radical (unpaired) electrons. The van der Waals surface area contributed by atoms with Gasteiger partial charge < -0.3 is 18.9 Å². The van der Waals surface area contributed by atoms with E-state index in [-0.39, 0.29) is 40.2 Å². The van der Waals surface area contributed by atoms with Gasteiger partial charge in [-0.05, 0) is 57.4 Å². The Morgan fingerprint density at radius 3 is 2.26 bits per heavy atom. The van der Waals surface area contributed by atoms with E-state index in [9.17, 15) is 18.8 Å². The Kier molecular flexibility index (Phi) is 8.41. The number of anilines is 1. The van der Waals surface area contributed by atoms with Crippen molar-refractivity contribution < 1.29 is 37.7 Å². The number of rotatable bonds is 8. The summed E-state index contributed by atoms with van der Waals surface area (Å²) in [6.45, 7) is 0.139. The molecule has 1 heterocycles. The Morgan fingerprint density at radius 2 is 1.62 bits per heavy atom. The number of barbiturate groups is 1. The number of ether oxygens (including phenoxy) is 4. The number of hydrogen-bond donors (Lipinski definition) is 1. The molecule has 1 N–H and O–H groups in total. The van der Waals surface area contributed by atoms with Gasteiger partial charge in [0.05, 0.1) is 36.5 Å². The number of amides is 4. The molecule has 0 atom stereocenters. The summed E-state index contributed by atoms with van der Waals surface area (Å²) in [7, 11) is 4.16. The molecule has 202 valence electrons. The van der Waals surface area contributed by atoms with Gasteiger partial charge in [-0.1, -0.05) is 23.7 Å². The molecule has 0 aromatic heterocycles. The quantitative estimate of drug-likeness (QED) is 0.262. The maximum Gasteiger partial charge on any atom is 0.336 e. The Balaban J connectivity index is 1.68. The van der Waals surface area contributed by atoms with E-state index in [4.69, 9.17) is 30.5 Å². The van der Waals surface area contributed by atoms with E-state index in [0.717, 1.165) is 10.5 Å². The fourth-order valence-corrected chi connectivity index (χ4v) is 4.57. The van der Waals surface area contributed by atoms with Crippen LogP contribution in [0.25, 0.3) is 6.08 Å². The van der Waals surface area contributed by atoms with Gasteiger partial charge in [-0.2, -0.15) is 0 Å². The zero-order valence-corrected chi connectivity index (χ0v) is 23.2. The molecule has 1 saturated heterocycles. The van der Waals surface area contributed by atoms with E-state index in [0.29, 0.717) is 21.5 Å². The lowest BCUT2D eigenvalue weighted by molar-refractivity contribution is -0.122. The second-order valence-electron chi connectivity index (χ2n) is 8.07. The Hall–Kier alpha value is -4.09. The van der Waals surface area contributed by atoms with Crippen LogP contribution in [0.5, 0.6) is 23.0 Å². The summed E-state index contributed by atoms with van der Waals surface area (Å²) >= 11 is 9.59. The van der Waals surface area contributed by atoms with Crippen molar-refractivity contribution in [2.75, 3.05) is 26.2 Å². The lowest BCUT2D eigenvalue weighted by Gasteiger charge is -2.28. The van der Waals surface area contributed by atoms with Crippen LogP contribution >= 0.6 is 27.5 Å². The molecular formula is C27H21BrClFN2O7. The third-order valence-corrected chi connectivity index (χ3v) is 6.54. The van der Waals surface area contributed by atoms with Gasteiger partial charge in [0.1, 0.15) is 29.5 Å². The number of benzene rings is 3. The first-order valence-corrected chi connectivity index (χ1v) is 12.4. The van der Waals surface area contributed by atoms with Crippen LogP contribution in [0.4, 0.5) is 14.9 Å². The van der Waals surface area contributed by atoms with Crippen molar-refractivity contribution in [1.82, 2.24) is 5.32 Å². The zero-order chi connectivity index (χ0) is 28.3. The molecule has 1 aliphatic heterocycles. The van der Waals surface area contributed by atoms with Crippen LogP contribution in [-0.2, 0) is 16.2 Å². The Bertz CT molecular complexity index is 1490. The van der Waals surface area contributed by atoms with E-state index in [1.165, 1.54) is 51.7 Å². The molecule has 0 unspecified atom stereocenters. The number of urea groups is 1. The molecule has 1 fully saturated rings. The predicted octanol–water partition coefficient (Wildman–Crippen LogP) is 5.51. The van der Waals surface area contributed by atoms with Crippen molar-refractivity contribution in [3.05, 3.63) is 80.5 Å². The summed E-state index contributed by atoms with van der Waals surface area (Å²) < 4.78 is 35.5. The van der Waals surface area contributed by atoms with Crippen molar-refractivity contribution in [3.63, 3.8) is 0 Å². The SMILES string of the molecule is COc1cc(N2C(=O)NC(=O)/C(=C\c3cc(Br)c(OCc4ccc(F)cc4)c(OC)c3)C2=O)c(OC)cc1Cl. The number of halogens is 3. The summed E-state index contributed by atoms with van der Waals surface area (Å²) in [4.78, 5) is 39.6. The normalized spacial score (nSPS) is 14.4. The minimum atomic E-state index is -0.965. The molecule has 3 aromatic carbocycles. The van der Waals surface area contributed by atoms with E-state index < -0.39 is 17.8 Å². The Morgan fingerprint density at radius 1 is 0.949 bits per heavy atom. The van der Waals surface area contributed by atoms with Crippen molar-refractivity contribution in [2.24, 2.45) is 0 Å². The summed E-state index contributed by atoms with van der Waals surface area (Å²) in [5.74, 6) is -1.15. The third-order valence-electron chi connectivity index (χ3n) is 5.66. The highest BCUT2D eigenvalue weighted by Crippen LogP contribution is 2.40. The van der Waals surface area contributed by atoms with E-state index >= 15 is 0 Å². The van der Waals surface area contributed by atoms with Crippen LogP contribution in [0.3, 0.4) is 0 Å². The Labute approximate surface area is 236 Å². The highest BCUT2D eigenvalue weighted by molar-refractivity contribution is 9.10. The summed E-state index contributed by atoms with van der Waals surface area (Å²) in [6.07, 6.45) is 1.31. The number of methoxy groups -OCH3 is 3. The fourth-order valence-electron chi connectivity index (χ4n) is 3.76. The molecular weight excluding hydrogens is 599 g/mol. The van der Waals surface area contributed by atoms with Crippen molar-refractivity contribution >= 4 is 57.1 Å². The number of hydrogen-bond acceptors (Lipinski definition) is 7. The van der Waals surface area contributed by atoms with Crippen molar-refractivity contribution in [2.45, 2.75) is 6.61 Å². The van der Waals surface area contributed by atoms with Gasteiger partial charge in [0.25, 0.3) is 11.8 Å². The topological polar surface area (TPSA) is 103 Å². The van der Waals surface area contributed by atoms with Crippen LogP contribution in [0.1, 0.15) is 11.1 Å². The minimum Gasteiger partial charge on any atom is -0.495 e. The maximum absolute atomic E-state index is 13.4. The average molecular weight is 620 g/mol. The van der Waals surface area contributed by atoms with Crippen LogP contribution in [-0.4, -0.2) is 39.2 Å².